The molecule has 0 heterocycles. The molecule has 0 atom stereocenters. The van der Waals surface area contributed by atoms with E-state index in [1.807, 2.05) is 30.3 Å². The summed E-state index contributed by atoms with van der Waals surface area (Å²) in [6, 6.07) is 9.87. The van der Waals surface area contributed by atoms with E-state index in [0.29, 0.717) is 6.67 Å². The number of benzene rings is 1. The molecule has 0 saturated heterocycles. The highest BCUT2D eigenvalue weighted by atomic mass is 35.5. The molecule has 3 heteroatoms. The van der Waals surface area contributed by atoms with E-state index in [-0.39, 0.29) is 12.4 Å². The number of para-hydroxylation sites is 1. The normalized spacial score (nSPS) is 8.10. The van der Waals surface area contributed by atoms with Crippen molar-refractivity contribution in [2.24, 2.45) is 5.73 Å². The second-order valence-electron chi connectivity index (χ2n) is 1.75. The molecule has 0 bridgehead atoms. The molecule has 0 saturated carbocycles. The Morgan fingerprint density at radius 2 is 1.80 bits per heavy atom. The van der Waals surface area contributed by atoms with Gasteiger partial charge in [0, 0.05) is 5.69 Å². The van der Waals surface area contributed by atoms with Crippen LogP contribution in [-0.2, 0) is 0 Å². The maximum Gasteiger partial charge on any atom is 0.0628 e. The molecule has 0 amide bonds. The summed E-state index contributed by atoms with van der Waals surface area (Å²) in [5.74, 6) is 0. The number of hydrogen-bond acceptors (Lipinski definition) is 2. The predicted molar refractivity (Wildman–Crippen MR) is 46.4 cm³/mol. The molecular formula is C7H11ClN2. The standard InChI is InChI=1S/C7H10N2.ClH/c8-6-9-7-4-2-1-3-5-7;/h1-5,9H,6,8H2;1H. The van der Waals surface area contributed by atoms with E-state index in [1.54, 1.807) is 0 Å². The van der Waals surface area contributed by atoms with E-state index in [9.17, 15) is 0 Å². The lowest BCUT2D eigenvalue weighted by Gasteiger charge is -1.99. The highest BCUT2D eigenvalue weighted by molar-refractivity contribution is 5.85. The van der Waals surface area contributed by atoms with Crippen molar-refractivity contribution < 1.29 is 0 Å². The molecule has 0 radical (unpaired) electrons. The summed E-state index contributed by atoms with van der Waals surface area (Å²) >= 11 is 0. The van der Waals surface area contributed by atoms with Gasteiger partial charge in [0.15, 0.2) is 0 Å². The molecule has 3 N–H and O–H groups in total. The van der Waals surface area contributed by atoms with Gasteiger partial charge in [-0.2, -0.15) is 0 Å². The van der Waals surface area contributed by atoms with Crippen LogP contribution in [0.5, 0.6) is 0 Å². The first kappa shape index (κ1) is 9.27. The van der Waals surface area contributed by atoms with Gasteiger partial charge in [0.25, 0.3) is 0 Å². The van der Waals surface area contributed by atoms with Crippen LogP contribution in [0.3, 0.4) is 0 Å². The maximum atomic E-state index is 5.25. The van der Waals surface area contributed by atoms with Crippen molar-refractivity contribution in [3.8, 4) is 0 Å². The Morgan fingerprint density at radius 3 is 2.30 bits per heavy atom. The van der Waals surface area contributed by atoms with Crippen molar-refractivity contribution in [3.63, 3.8) is 0 Å². The number of halogens is 1. The molecule has 1 aromatic carbocycles. The first-order valence-corrected chi connectivity index (χ1v) is 2.92. The molecule has 2 nitrogen and oxygen atoms in total. The zero-order chi connectivity index (χ0) is 6.53. The first-order chi connectivity index (χ1) is 4.43. The van der Waals surface area contributed by atoms with E-state index < -0.39 is 0 Å². The second-order valence-corrected chi connectivity index (χ2v) is 1.75. The molecule has 0 aliphatic rings. The van der Waals surface area contributed by atoms with Crippen molar-refractivity contribution >= 4 is 18.1 Å². The maximum absolute atomic E-state index is 5.25. The number of rotatable bonds is 2. The van der Waals surface area contributed by atoms with Crippen LogP contribution in [0, 0.1) is 0 Å². The van der Waals surface area contributed by atoms with Gasteiger partial charge in [-0.3, -0.25) is 0 Å². The predicted octanol–water partition coefficient (Wildman–Crippen LogP) is 1.44. The fraction of sp³-hybridized carbons (Fsp3) is 0.143. The zero-order valence-corrected chi connectivity index (χ0v) is 6.40. The van der Waals surface area contributed by atoms with Gasteiger partial charge < -0.3 is 11.1 Å². The highest BCUT2D eigenvalue weighted by Crippen LogP contribution is 2.02. The second kappa shape index (κ2) is 5.09. The molecule has 0 unspecified atom stereocenters. The number of anilines is 1. The minimum atomic E-state index is 0. The summed E-state index contributed by atoms with van der Waals surface area (Å²) < 4.78 is 0. The summed E-state index contributed by atoms with van der Waals surface area (Å²) in [6.45, 7) is 0.490. The third kappa shape index (κ3) is 2.71. The topological polar surface area (TPSA) is 38.0 Å². The van der Waals surface area contributed by atoms with Gasteiger partial charge in [-0.15, -0.1) is 12.4 Å². The summed E-state index contributed by atoms with van der Waals surface area (Å²) in [5, 5.41) is 2.99. The SMILES string of the molecule is Cl.NCNc1ccccc1. The molecule has 1 rings (SSSR count). The van der Waals surface area contributed by atoms with E-state index in [0.717, 1.165) is 5.69 Å². The Hall–Kier alpha value is -0.730. The van der Waals surface area contributed by atoms with Gasteiger partial charge in [-0.1, -0.05) is 18.2 Å². The van der Waals surface area contributed by atoms with Crippen LogP contribution < -0.4 is 11.1 Å². The Bertz CT molecular complexity index is 165. The fourth-order valence-corrected chi connectivity index (χ4v) is 0.674. The van der Waals surface area contributed by atoms with Crippen molar-refractivity contribution in [2.45, 2.75) is 0 Å². The number of nitrogens with two attached hydrogens (primary N) is 1. The van der Waals surface area contributed by atoms with E-state index >= 15 is 0 Å². The lowest BCUT2D eigenvalue weighted by Crippen LogP contribution is -2.10. The van der Waals surface area contributed by atoms with Crippen LogP contribution in [0.25, 0.3) is 0 Å². The number of nitrogens with one attached hydrogen (secondary N) is 1. The Morgan fingerprint density at radius 1 is 1.20 bits per heavy atom. The van der Waals surface area contributed by atoms with Crippen molar-refractivity contribution in [1.29, 1.82) is 0 Å². The average molecular weight is 159 g/mol. The molecule has 0 aliphatic heterocycles. The smallest absolute Gasteiger partial charge is 0.0628 e. The first-order valence-electron chi connectivity index (χ1n) is 2.92. The molecule has 1 aromatic rings. The van der Waals surface area contributed by atoms with Crippen molar-refractivity contribution in [1.82, 2.24) is 0 Å². The van der Waals surface area contributed by atoms with E-state index in [4.69, 9.17) is 5.73 Å². The quantitative estimate of drug-likeness (QED) is 0.640. The van der Waals surface area contributed by atoms with Crippen LogP contribution in [-0.4, -0.2) is 6.67 Å². The summed E-state index contributed by atoms with van der Waals surface area (Å²) in [4.78, 5) is 0. The Kier molecular flexibility index (Phi) is 4.72. The molecule has 56 valence electrons. The average Bonchev–Trinajstić information content (AvgIpc) is 1.91. The lowest BCUT2D eigenvalue weighted by atomic mass is 10.3. The van der Waals surface area contributed by atoms with Gasteiger partial charge >= 0.3 is 0 Å². The van der Waals surface area contributed by atoms with Gasteiger partial charge in [0.05, 0.1) is 6.67 Å². The van der Waals surface area contributed by atoms with Gasteiger partial charge in [-0.25, -0.2) is 0 Å². The third-order valence-corrected chi connectivity index (χ3v) is 1.08. The van der Waals surface area contributed by atoms with Gasteiger partial charge in [-0.05, 0) is 12.1 Å². The molecule has 0 aromatic heterocycles. The van der Waals surface area contributed by atoms with Crippen molar-refractivity contribution in [3.05, 3.63) is 30.3 Å². The Balaban J connectivity index is 0.000000810. The molecule has 0 aliphatic carbocycles. The van der Waals surface area contributed by atoms with Crippen LogP contribution in [0.4, 0.5) is 5.69 Å². The molecule has 0 fully saturated rings. The molecule has 0 spiro atoms. The Labute approximate surface area is 66.8 Å². The zero-order valence-electron chi connectivity index (χ0n) is 5.58. The van der Waals surface area contributed by atoms with E-state index in [2.05, 4.69) is 5.32 Å². The fourth-order valence-electron chi connectivity index (χ4n) is 0.674. The molecular weight excluding hydrogens is 148 g/mol. The van der Waals surface area contributed by atoms with Crippen LogP contribution >= 0.6 is 12.4 Å². The van der Waals surface area contributed by atoms with Crippen molar-refractivity contribution in [2.75, 3.05) is 12.0 Å². The van der Waals surface area contributed by atoms with Crippen LogP contribution in [0.2, 0.25) is 0 Å². The summed E-state index contributed by atoms with van der Waals surface area (Å²) in [6.07, 6.45) is 0. The third-order valence-electron chi connectivity index (χ3n) is 1.08. The van der Waals surface area contributed by atoms with Crippen LogP contribution in [0.1, 0.15) is 0 Å². The molecule has 10 heavy (non-hydrogen) atoms. The minimum Gasteiger partial charge on any atom is -0.373 e. The lowest BCUT2D eigenvalue weighted by molar-refractivity contribution is 1.14. The minimum absolute atomic E-state index is 0. The van der Waals surface area contributed by atoms with E-state index in [1.165, 1.54) is 0 Å². The highest BCUT2D eigenvalue weighted by Gasteiger charge is 1.81. The summed E-state index contributed by atoms with van der Waals surface area (Å²) in [7, 11) is 0. The number of hydrogen-bond donors (Lipinski definition) is 2. The van der Waals surface area contributed by atoms with Gasteiger partial charge in [0.2, 0.25) is 0 Å². The van der Waals surface area contributed by atoms with Gasteiger partial charge in [0.1, 0.15) is 0 Å². The summed E-state index contributed by atoms with van der Waals surface area (Å²) in [5.41, 5.74) is 6.32. The van der Waals surface area contributed by atoms with Crippen LogP contribution in [0.15, 0.2) is 30.3 Å². The largest absolute Gasteiger partial charge is 0.373 e. The monoisotopic (exact) mass is 158 g/mol.